The van der Waals surface area contributed by atoms with E-state index in [0.29, 0.717) is 16.7 Å². The Morgan fingerprint density at radius 1 is 0.475 bits per heavy atom. The van der Waals surface area contributed by atoms with Crippen LogP contribution in [0.2, 0.25) is 0 Å². The van der Waals surface area contributed by atoms with Gasteiger partial charge in [0.2, 0.25) is 0 Å². The summed E-state index contributed by atoms with van der Waals surface area (Å²) in [6, 6.07) is 61.4. The minimum Gasteiger partial charge on any atom is -0.376 e. The predicted octanol–water partition coefficient (Wildman–Crippen LogP) is 11.2. The van der Waals surface area contributed by atoms with Crippen molar-refractivity contribution in [2.45, 2.75) is 10.9 Å². The molecule has 0 fully saturated rings. The molecule has 0 amide bonds. The van der Waals surface area contributed by atoms with E-state index in [1.807, 2.05) is 53.8 Å². The van der Waals surface area contributed by atoms with Crippen LogP contribution in [0.25, 0.3) is 103 Å². The molecule has 0 aliphatic rings. The van der Waals surface area contributed by atoms with Gasteiger partial charge in [0.25, 0.3) is 0 Å². The molecule has 2 aromatic heterocycles. The van der Waals surface area contributed by atoms with E-state index in [9.17, 15) is 10.2 Å². The van der Waals surface area contributed by atoms with E-state index >= 15 is 0 Å². The summed E-state index contributed by atoms with van der Waals surface area (Å²) in [5.41, 5.74) is 5.84. The number of aromatic nitrogens is 2. The normalized spacial score (nSPS) is 12.4. The van der Waals surface area contributed by atoms with Crippen LogP contribution in [-0.2, 0) is 5.21 Å². The van der Waals surface area contributed by atoms with Gasteiger partial charge in [0.1, 0.15) is 11.5 Å². The van der Waals surface area contributed by atoms with Gasteiger partial charge in [-0.3, -0.25) is 4.57 Å². The van der Waals surface area contributed by atoms with Crippen LogP contribution in [0.15, 0.2) is 176 Å². The Bertz CT molecular complexity index is 3480. The molecule has 6 radical (unpaired) electrons. The number of fused-ring (bicyclic) bond motifs is 7. The minimum atomic E-state index is -2.97. The van der Waals surface area contributed by atoms with E-state index < -0.39 is 10.9 Å². The lowest BCUT2D eigenvalue weighted by molar-refractivity contribution is -0.100. The number of rotatable bonds is 6. The second kappa shape index (κ2) is 13.3. The van der Waals surface area contributed by atoms with Crippen LogP contribution in [0, 0.1) is 0 Å². The highest BCUT2D eigenvalue weighted by Crippen LogP contribution is 2.50. The molecule has 8 heteroatoms. The second-order valence-corrected chi connectivity index (χ2v) is 16.3. The summed E-state index contributed by atoms with van der Waals surface area (Å²) >= 11 is 1.83. The van der Waals surface area contributed by atoms with Gasteiger partial charge in [-0.05, 0) is 102 Å². The third kappa shape index (κ3) is 5.44. The number of imidazole rings is 1. The van der Waals surface area contributed by atoms with Crippen LogP contribution in [0.4, 0.5) is 0 Å². The summed E-state index contributed by atoms with van der Waals surface area (Å²) in [6.45, 7) is 0. The number of aliphatic hydroxyl groups is 2. The summed E-state index contributed by atoms with van der Waals surface area (Å²) in [6.07, 6.45) is 0. The Labute approximate surface area is 348 Å². The molecular weight excluding hydrogens is 737 g/mol. The Kier molecular flexibility index (Phi) is 8.05. The van der Waals surface area contributed by atoms with Gasteiger partial charge < -0.3 is 10.2 Å². The molecule has 0 saturated heterocycles. The van der Waals surface area contributed by atoms with Gasteiger partial charge in [-0.1, -0.05) is 140 Å². The zero-order valence-electron chi connectivity index (χ0n) is 31.7. The number of nitrogens with zero attached hydrogens (tertiary/aromatic N) is 2. The van der Waals surface area contributed by atoms with Crippen LogP contribution in [0.3, 0.4) is 0 Å². The zero-order chi connectivity index (χ0) is 40.0. The molecule has 0 atom stereocenters. The summed E-state index contributed by atoms with van der Waals surface area (Å²) in [5, 5.41) is 27.9. The maximum atomic E-state index is 10.6. The zero-order valence-corrected chi connectivity index (χ0v) is 32.5. The molecular formula is C51H31B3N2O2S. The fourth-order valence-electron chi connectivity index (χ4n) is 8.96. The smallest absolute Gasteiger partial charge is 0.152 e. The molecule has 0 saturated carbocycles. The van der Waals surface area contributed by atoms with E-state index in [1.165, 1.54) is 31.3 Å². The van der Waals surface area contributed by atoms with E-state index in [2.05, 4.69) is 133 Å². The van der Waals surface area contributed by atoms with Gasteiger partial charge >= 0.3 is 0 Å². The van der Waals surface area contributed by atoms with Gasteiger partial charge in [0.15, 0.2) is 7.85 Å². The molecule has 0 aliphatic heterocycles. The topological polar surface area (TPSA) is 58.3 Å². The molecule has 2 heterocycles. The molecule has 0 spiro atoms. The SMILES string of the molecule is [B]C(O)(O)C([B])([B])c1nc2ccccc2n1-c1ccc(-c2c3ccccc3c(-c3cccc4sc5ccccc5c34)c3cc(-c4ccccc4)ccc23)c2ccccc12. The third-order valence-corrected chi connectivity index (χ3v) is 12.9. The van der Waals surface area contributed by atoms with Crippen molar-refractivity contribution in [3.05, 3.63) is 182 Å². The van der Waals surface area contributed by atoms with Crippen LogP contribution in [0.5, 0.6) is 0 Å². The molecule has 11 rings (SSSR count). The highest BCUT2D eigenvalue weighted by Gasteiger charge is 2.41. The van der Waals surface area contributed by atoms with Crippen molar-refractivity contribution in [1.29, 1.82) is 0 Å². The quantitative estimate of drug-likeness (QED) is 0.101. The van der Waals surface area contributed by atoms with Crippen molar-refractivity contribution >= 4 is 98.4 Å². The van der Waals surface area contributed by atoms with Crippen LogP contribution < -0.4 is 0 Å². The molecule has 0 bridgehead atoms. The summed E-state index contributed by atoms with van der Waals surface area (Å²) < 4.78 is 4.31. The Hall–Kier alpha value is -6.44. The fourth-order valence-corrected chi connectivity index (χ4v) is 10.1. The molecule has 2 N–H and O–H groups in total. The van der Waals surface area contributed by atoms with Crippen LogP contribution in [0.1, 0.15) is 5.82 Å². The van der Waals surface area contributed by atoms with Crippen molar-refractivity contribution < 1.29 is 10.2 Å². The van der Waals surface area contributed by atoms with Crippen molar-refractivity contribution in [2.75, 3.05) is 0 Å². The Balaban J connectivity index is 1.25. The lowest BCUT2D eigenvalue weighted by Gasteiger charge is -2.37. The number of benzene rings is 9. The van der Waals surface area contributed by atoms with Crippen LogP contribution in [-0.4, -0.2) is 49.0 Å². The van der Waals surface area contributed by atoms with E-state index in [-0.39, 0.29) is 5.82 Å². The first kappa shape index (κ1) is 35.7. The predicted molar refractivity (Wildman–Crippen MR) is 249 cm³/mol. The monoisotopic (exact) mass is 768 g/mol. The molecule has 9 aromatic carbocycles. The van der Waals surface area contributed by atoms with E-state index in [1.54, 1.807) is 4.57 Å². The maximum Gasteiger partial charge on any atom is 0.152 e. The maximum absolute atomic E-state index is 10.6. The van der Waals surface area contributed by atoms with E-state index in [0.717, 1.165) is 54.6 Å². The summed E-state index contributed by atoms with van der Waals surface area (Å²) in [7, 11) is 18.7. The first-order valence-electron chi connectivity index (χ1n) is 19.5. The second-order valence-electron chi connectivity index (χ2n) is 15.2. The lowest BCUT2D eigenvalue weighted by Crippen LogP contribution is -2.54. The fraction of sp³-hybridized carbons (Fsp3) is 0.0392. The summed E-state index contributed by atoms with van der Waals surface area (Å²) in [5.74, 6) is 0.00734. The molecule has 11 aromatic rings. The largest absolute Gasteiger partial charge is 0.376 e. The van der Waals surface area contributed by atoms with Crippen molar-refractivity contribution in [1.82, 2.24) is 9.55 Å². The number of hydrogen-bond acceptors (Lipinski definition) is 4. The van der Waals surface area contributed by atoms with Gasteiger partial charge in [0.05, 0.1) is 32.4 Å². The van der Waals surface area contributed by atoms with Gasteiger partial charge in [0, 0.05) is 25.6 Å². The van der Waals surface area contributed by atoms with Gasteiger partial charge in [-0.15, -0.1) is 11.3 Å². The molecule has 59 heavy (non-hydrogen) atoms. The Morgan fingerprint density at radius 3 is 1.85 bits per heavy atom. The lowest BCUT2D eigenvalue weighted by atomic mass is 9.45. The van der Waals surface area contributed by atoms with Crippen molar-refractivity contribution in [3.63, 3.8) is 0 Å². The highest BCUT2D eigenvalue weighted by atomic mass is 32.1. The first-order chi connectivity index (χ1) is 28.7. The number of thiophene rings is 1. The number of para-hydroxylation sites is 2. The summed E-state index contributed by atoms with van der Waals surface area (Å²) in [4.78, 5) is 4.72. The molecule has 0 unspecified atom stereocenters. The average Bonchev–Trinajstić information content (AvgIpc) is 3.85. The van der Waals surface area contributed by atoms with Gasteiger partial charge in [-0.2, -0.15) is 0 Å². The highest BCUT2D eigenvalue weighted by molar-refractivity contribution is 7.26. The van der Waals surface area contributed by atoms with Crippen LogP contribution >= 0.6 is 11.3 Å². The van der Waals surface area contributed by atoms with E-state index in [4.69, 9.17) is 28.5 Å². The minimum absolute atomic E-state index is 0.00734. The third-order valence-electron chi connectivity index (χ3n) is 11.8. The van der Waals surface area contributed by atoms with Crippen molar-refractivity contribution in [3.8, 4) is 39.1 Å². The van der Waals surface area contributed by atoms with Gasteiger partial charge in [-0.25, -0.2) is 4.98 Å². The average molecular weight is 768 g/mol. The molecule has 272 valence electrons. The molecule has 4 nitrogen and oxygen atoms in total. The molecule has 0 aliphatic carbocycles. The first-order valence-corrected chi connectivity index (χ1v) is 20.3. The number of hydrogen-bond donors (Lipinski definition) is 2. The Morgan fingerprint density at radius 2 is 1.08 bits per heavy atom. The van der Waals surface area contributed by atoms with Crippen molar-refractivity contribution in [2.24, 2.45) is 0 Å². The standard InChI is InChI=1S/C51H31B3N2O2S/c52-50(53,51(54,57)58)49-55-41-21-9-10-22-43(41)56(49)42-28-27-36(32-15-4-5-16-33(32)42)46-34-17-6-7-18-35(34)47(40-29-31(25-26-37(40)46)30-13-2-1-3-14-30)39-20-12-24-45-48(39)38-19-8-11-23-44(38)59-45/h1-29,57-58H.